The summed E-state index contributed by atoms with van der Waals surface area (Å²) in [4.78, 5) is 16.2. The SMILES string of the molecule is CSC1CCCCC1NC(=O)c1ccc(Br)cn1. The molecule has 0 bridgehead atoms. The highest BCUT2D eigenvalue weighted by atomic mass is 79.9. The number of pyridine rings is 1. The third-order valence-electron chi connectivity index (χ3n) is 3.28. The molecule has 1 heterocycles. The molecule has 0 saturated heterocycles. The molecule has 1 fully saturated rings. The minimum absolute atomic E-state index is 0.0616. The van der Waals surface area contributed by atoms with Crippen LogP contribution >= 0.6 is 27.7 Å². The monoisotopic (exact) mass is 328 g/mol. The van der Waals surface area contributed by atoms with E-state index in [1.165, 1.54) is 19.3 Å². The second-order valence-corrected chi connectivity index (χ2v) is 6.49. The van der Waals surface area contributed by atoms with E-state index in [2.05, 4.69) is 32.5 Å². The molecule has 0 radical (unpaired) electrons. The average Bonchev–Trinajstić information content (AvgIpc) is 2.40. The Kier molecular flexibility index (Phi) is 5.06. The van der Waals surface area contributed by atoms with Gasteiger partial charge in [-0.25, -0.2) is 4.98 Å². The highest BCUT2D eigenvalue weighted by molar-refractivity contribution is 9.10. The third-order valence-corrected chi connectivity index (χ3v) is 4.92. The predicted molar refractivity (Wildman–Crippen MR) is 79.0 cm³/mol. The molecule has 5 heteroatoms. The third kappa shape index (κ3) is 3.48. The van der Waals surface area contributed by atoms with Gasteiger partial charge in [0.1, 0.15) is 5.69 Å². The Hall–Kier alpha value is -0.550. The van der Waals surface area contributed by atoms with Gasteiger partial charge in [-0.05, 0) is 47.2 Å². The van der Waals surface area contributed by atoms with Crippen molar-refractivity contribution in [3.63, 3.8) is 0 Å². The molecule has 0 aliphatic heterocycles. The first kappa shape index (κ1) is 13.9. The maximum absolute atomic E-state index is 12.1. The zero-order valence-corrected chi connectivity index (χ0v) is 12.8. The molecule has 1 N–H and O–H groups in total. The van der Waals surface area contributed by atoms with Gasteiger partial charge in [-0.15, -0.1) is 0 Å². The summed E-state index contributed by atoms with van der Waals surface area (Å²) >= 11 is 5.17. The van der Waals surface area contributed by atoms with E-state index in [-0.39, 0.29) is 11.9 Å². The average molecular weight is 329 g/mol. The lowest BCUT2D eigenvalue weighted by molar-refractivity contribution is 0.0924. The molecule has 1 aromatic rings. The fraction of sp³-hybridized carbons (Fsp3) is 0.538. The van der Waals surface area contributed by atoms with Crippen molar-refractivity contribution in [1.29, 1.82) is 0 Å². The van der Waals surface area contributed by atoms with E-state index < -0.39 is 0 Å². The standard InChI is InChI=1S/C13H17BrN2OS/c1-18-12-5-3-2-4-10(12)16-13(17)11-7-6-9(14)8-15-11/h6-8,10,12H,2-5H2,1H3,(H,16,17). The van der Waals surface area contributed by atoms with Gasteiger partial charge in [0, 0.05) is 22.0 Å². The Balaban J connectivity index is 1.99. The zero-order valence-electron chi connectivity index (χ0n) is 10.4. The van der Waals surface area contributed by atoms with E-state index >= 15 is 0 Å². The van der Waals surface area contributed by atoms with E-state index in [1.54, 1.807) is 12.3 Å². The number of hydrogen-bond donors (Lipinski definition) is 1. The van der Waals surface area contributed by atoms with Crippen LogP contribution in [0.4, 0.5) is 0 Å². The number of nitrogens with one attached hydrogen (secondary N) is 1. The molecule has 3 nitrogen and oxygen atoms in total. The number of carbonyl (C=O) groups excluding carboxylic acids is 1. The molecule has 0 aromatic carbocycles. The number of hydrogen-bond acceptors (Lipinski definition) is 3. The minimum Gasteiger partial charge on any atom is -0.347 e. The summed E-state index contributed by atoms with van der Waals surface area (Å²) in [5, 5.41) is 3.66. The van der Waals surface area contributed by atoms with Crippen molar-refractivity contribution in [1.82, 2.24) is 10.3 Å². The number of thioether (sulfide) groups is 1. The van der Waals surface area contributed by atoms with E-state index in [0.717, 1.165) is 10.9 Å². The summed E-state index contributed by atoms with van der Waals surface area (Å²) in [5.41, 5.74) is 0.489. The van der Waals surface area contributed by atoms with Crippen LogP contribution < -0.4 is 5.32 Å². The molecule has 1 aliphatic rings. The van der Waals surface area contributed by atoms with Crippen molar-refractivity contribution in [2.24, 2.45) is 0 Å². The van der Waals surface area contributed by atoms with Crippen LogP contribution in [0.25, 0.3) is 0 Å². The number of carbonyl (C=O) groups is 1. The topological polar surface area (TPSA) is 42.0 Å². The highest BCUT2D eigenvalue weighted by Gasteiger charge is 2.26. The largest absolute Gasteiger partial charge is 0.347 e. The fourth-order valence-corrected chi connectivity index (χ4v) is 3.47. The number of rotatable bonds is 3. The Labute approximate surface area is 120 Å². The number of nitrogens with zero attached hydrogens (tertiary/aromatic N) is 1. The zero-order chi connectivity index (χ0) is 13.0. The summed E-state index contributed by atoms with van der Waals surface area (Å²) in [7, 11) is 0. The van der Waals surface area contributed by atoms with Crippen molar-refractivity contribution in [3.8, 4) is 0 Å². The molecule has 2 rings (SSSR count). The molecular formula is C13H17BrN2OS. The number of aromatic nitrogens is 1. The molecule has 18 heavy (non-hydrogen) atoms. The van der Waals surface area contributed by atoms with E-state index in [9.17, 15) is 4.79 Å². The molecule has 1 saturated carbocycles. The smallest absolute Gasteiger partial charge is 0.270 e. The van der Waals surface area contributed by atoms with Crippen LogP contribution in [0.3, 0.4) is 0 Å². The maximum Gasteiger partial charge on any atom is 0.270 e. The Bertz CT molecular complexity index is 410. The van der Waals surface area contributed by atoms with Crippen molar-refractivity contribution in [3.05, 3.63) is 28.5 Å². The van der Waals surface area contributed by atoms with E-state index in [1.807, 2.05) is 17.8 Å². The van der Waals surface area contributed by atoms with Crippen molar-refractivity contribution < 1.29 is 4.79 Å². The Morgan fingerprint density at radius 3 is 2.89 bits per heavy atom. The summed E-state index contributed by atoms with van der Waals surface area (Å²) in [6.07, 6.45) is 8.52. The normalized spacial score (nSPS) is 23.7. The summed E-state index contributed by atoms with van der Waals surface area (Å²) in [5.74, 6) is -0.0616. The quantitative estimate of drug-likeness (QED) is 0.926. The minimum atomic E-state index is -0.0616. The second-order valence-electron chi connectivity index (χ2n) is 4.50. The van der Waals surface area contributed by atoms with Gasteiger partial charge >= 0.3 is 0 Å². The first-order chi connectivity index (χ1) is 8.70. The van der Waals surface area contributed by atoms with Crippen LogP contribution in [0.15, 0.2) is 22.8 Å². The molecule has 1 aromatic heterocycles. The fourth-order valence-electron chi connectivity index (χ4n) is 2.30. The first-order valence-electron chi connectivity index (χ1n) is 6.16. The lowest BCUT2D eigenvalue weighted by atomic mass is 9.95. The first-order valence-corrected chi connectivity index (χ1v) is 8.24. The van der Waals surface area contributed by atoms with Crippen molar-refractivity contribution >= 4 is 33.6 Å². The van der Waals surface area contributed by atoms with Gasteiger partial charge in [0.25, 0.3) is 5.91 Å². The molecule has 0 spiro atoms. The van der Waals surface area contributed by atoms with Gasteiger partial charge in [-0.2, -0.15) is 11.8 Å². The van der Waals surface area contributed by atoms with Gasteiger partial charge in [0.05, 0.1) is 0 Å². The molecule has 98 valence electrons. The molecule has 2 atom stereocenters. The van der Waals surface area contributed by atoms with Crippen LogP contribution in [0.1, 0.15) is 36.2 Å². The molecule has 2 unspecified atom stereocenters. The second kappa shape index (κ2) is 6.57. The maximum atomic E-state index is 12.1. The van der Waals surface area contributed by atoms with Crippen LogP contribution in [0.5, 0.6) is 0 Å². The van der Waals surface area contributed by atoms with Gasteiger partial charge in [0.2, 0.25) is 0 Å². The van der Waals surface area contributed by atoms with Crippen LogP contribution in [-0.4, -0.2) is 28.4 Å². The van der Waals surface area contributed by atoms with Gasteiger partial charge < -0.3 is 5.32 Å². The van der Waals surface area contributed by atoms with Crippen LogP contribution in [-0.2, 0) is 0 Å². The number of amides is 1. The Morgan fingerprint density at radius 2 is 2.22 bits per heavy atom. The van der Waals surface area contributed by atoms with Crippen LogP contribution in [0, 0.1) is 0 Å². The van der Waals surface area contributed by atoms with Gasteiger partial charge in [0.15, 0.2) is 0 Å². The Morgan fingerprint density at radius 1 is 1.44 bits per heavy atom. The lowest BCUT2D eigenvalue weighted by Crippen LogP contribution is -2.43. The lowest BCUT2D eigenvalue weighted by Gasteiger charge is -2.30. The highest BCUT2D eigenvalue weighted by Crippen LogP contribution is 2.27. The van der Waals surface area contributed by atoms with E-state index in [0.29, 0.717) is 10.9 Å². The van der Waals surface area contributed by atoms with Crippen molar-refractivity contribution in [2.45, 2.75) is 37.0 Å². The summed E-state index contributed by atoms with van der Waals surface area (Å²) < 4.78 is 0.888. The molecule has 1 amide bonds. The molecule has 1 aliphatic carbocycles. The van der Waals surface area contributed by atoms with Gasteiger partial charge in [-0.1, -0.05) is 12.8 Å². The van der Waals surface area contributed by atoms with Gasteiger partial charge in [-0.3, -0.25) is 4.79 Å². The number of halogens is 1. The van der Waals surface area contributed by atoms with Crippen molar-refractivity contribution in [2.75, 3.05) is 6.26 Å². The van der Waals surface area contributed by atoms with Crippen LogP contribution in [0.2, 0.25) is 0 Å². The molecular weight excluding hydrogens is 312 g/mol. The van der Waals surface area contributed by atoms with E-state index in [4.69, 9.17) is 0 Å². The summed E-state index contributed by atoms with van der Waals surface area (Å²) in [6, 6.07) is 3.87. The summed E-state index contributed by atoms with van der Waals surface area (Å²) in [6.45, 7) is 0. The predicted octanol–water partition coefficient (Wildman–Crippen LogP) is 3.25.